The molecule has 1 amide bonds. The van der Waals surface area contributed by atoms with Crippen molar-refractivity contribution in [2.75, 3.05) is 5.32 Å². The minimum Gasteiger partial charge on any atom is -0.478 e. The largest absolute Gasteiger partial charge is 0.478 e. The van der Waals surface area contributed by atoms with E-state index in [1.807, 2.05) is 6.92 Å². The number of aryl methyl sites for hydroxylation is 2. The molecule has 80 valence electrons. The van der Waals surface area contributed by atoms with Crippen molar-refractivity contribution in [3.8, 4) is 0 Å². The van der Waals surface area contributed by atoms with Crippen molar-refractivity contribution in [3.63, 3.8) is 0 Å². The van der Waals surface area contributed by atoms with Gasteiger partial charge in [-0.1, -0.05) is 6.07 Å². The van der Waals surface area contributed by atoms with Crippen molar-refractivity contribution >= 4 is 17.6 Å². The molecule has 4 heteroatoms. The van der Waals surface area contributed by atoms with E-state index in [1.54, 1.807) is 13.0 Å². The minimum absolute atomic E-state index is 0.210. The first-order chi connectivity index (χ1) is 6.91. The molecule has 1 aromatic rings. The van der Waals surface area contributed by atoms with Gasteiger partial charge in [0.2, 0.25) is 5.91 Å². The van der Waals surface area contributed by atoms with Gasteiger partial charge >= 0.3 is 5.97 Å². The fraction of sp³-hybridized carbons (Fsp3) is 0.273. The normalized spacial score (nSPS) is 9.80. The van der Waals surface area contributed by atoms with Crippen LogP contribution in [-0.4, -0.2) is 17.0 Å². The first-order valence-electron chi connectivity index (χ1n) is 4.54. The summed E-state index contributed by atoms with van der Waals surface area (Å²) >= 11 is 0. The highest BCUT2D eigenvalue weighted by molar-refractivity contribution is 5.94. The van der Waals surface area contributed by atoms with Gasteiger partial charge in [-0.05, 0) is 31.0 Å². The molecule has 1 aromatic carbocycles. The number of carbonyl (C=O) groups is 2. The van der Waals surface area contributed by atoms with Gasteiger partial charge in [-0.2, -0.15) is 0 Å². The first-order valence-corrected chi connectivity index (χ1v) is 4.54. The zero-order chi connectivity index (χ0) is 11.6. The fourth-order valence-electron chi connectivity index (χ4n) is 1.41. The van der Waals surface area contributed by atoms with Gasteiger partial charge in [-0.15, -0.1) is 0 Å². The van der Waals surface area contributed by atoms with Gasteiger partial charge < -0.3 is 10.4 Å². The van der Waals surface area contributed by atoms with E-state index in [9.17, 15) is 9.59 Å². The Morgan fingerprint density at radius 3 is 2.27 bits per heavy atom. The number of hydrogen-bond donors (Lipinski definition) is 2. The zero-order valence-corrected chi connectivity index (χ0v) is 8.92. The zero-order valence-electron chi connectivity index (χ0n) is 8.92. The molecule has 0 saturated carbocycles. The second-order valence-electron chi connectivity index (χ2n) is 3.47. The van der Waals surface area contributed by atoms with E-state index in [-0.39, 0.29) is 11.5 Å². The third-order valence-electron chi connectivity index (χ3n) is 2.11. The molecular weight excluding hydrogens is 194 g/mol. The number of amides is 1. The Bertz CT molecular complexity index is 424. The van der Waals surface area contributed by atoms with E-state index < -0.39 is 5.97 Å². The lowest BCUT2D eigenvalue weighted by molar-refractivity contribution is -0.114. The number of carbonyl (C=O) groups excluding carboxylic acids is 1. The van der Waals surface area contributed by atoms with Gasteiger partial charge in [-0.25, -0.2) is 4.79 Å². The lowest BCUT2D eigenvalue weighted by Crippen LogP contribution is -2.09. The fourth-order valence-corrected chi connectivity index (χ4v) is 1.41. The predicted molar refractivity (Wildman–Crippen MR) is 57.2 cm³/mol. The van der Waals surface area contributed by atoms with Gasteiger partial charge in [0, 0.05) is 12.6 Å². The van der Waals surface area contributed by atoms with Crippen LogP contribution in [0.3, 0.4) is 0 Å². The molecule has 0 spiro atoms. The van der Waals surface area contributed by atoms with Crippen LogP contribution in [0.4, 0.5) is 5.69 Å². The summed E-state index contributed by atoms with van der Waals surface area (Å²) in [6.07, 6.45) is 0. The summed E-state index contributed by atoms with van der Waals surface area (Å²) in [5.74, 6) is -1.20. The van der Waals surface area contributed by atoms with Crippen LogP contribution in [0.1, 0.15) is 28.4 Å². The lowest BCUT2D eigenvalue weighted by Gasteiger charge is -2.09. The van der Waals surface area contributed by atoms with E-state index in [0.29, 0.717) is 11.3 Å². The molecule has 4 nitrogen and oxygen atoms in total. The van der Waals surface area contributed by atoms with Crippen LogP contribution in [0.15, 0.2) is 12.1 Å². The third kappa shape index (κ3) is 2.56. The molecule has 0 aromatic heterocycles. The van der Waals surface area contributed by atoms with E-state index in [1.165, 1.54) is 13.0 Å². The standard InChI is InChI=1S/C11H13NO3/c1-6-4-7(2)10(12-8(3)13)5-9(6)11(14)15/h4-5H,1-3H3,(H,12,13)(H,14,15). The van der Waals surface area contributed by atoms with Crippen molar-refractivity contribution < 1.29 is 14.7 Å². The van der Waals surface area contributed by atoms with Gasteiger partial charge in [0.25, 0.3) is 0 Å². The molecule has 15 heavy (non-hydrogen) atoms. The minimum atomic E-state index is -0.987. The number of aromatic carboxylic acids is 1. The topological polar surface area (TPSA) is 66.4 Å². The molecule has 0 unspecified atom stereocenters. The van der Waals surface area contributed by atoms with Gasteiger partial charge in [-0.3, -0.25) is 4.79 Å². The summed E-state index contributed by atoms with van der Waals surface area (Å²) in [6, 6.07) is 3.23. The highest BCUT2D eigenvalue weighted by Gasteiger charge is 2.10. The maximum absolute atomic E-state index is 10.9. The lowest BCUT2D eigenvalue weighted by atomic mass is 10.0. The Hall–Kier alpha value is -1.84. The van der Waals surface area contributed by atoms with Gasteiger partial charge in [0.1, 0.15) is 0 Å². The number of nitrogens with one attached hydrogen (secondary N) is 1. The highest BCUT2D eigenvalue weighted by atomic mass is 16.4. The summed E-state index contributed by atoms with van der Waals surface area (Å²) in [7, 11) is 0. The molecule has 0 bridgehead atoms. The van der Waals surface area contributed by atoms with Crippen molar-refractivity contribution in [1.82, 2.24) is 0 Å². The van der Waals surface area contributed by atoms with E-state index in [0.717, 1.165) is 5.56 Å². The van der Waals surface area contributed by atoms with Crippen LogP contribution in [0.5, 0.6) is 0 Å². The highest BCUT2D eigenvalue weighted by Crippen LogP contribution is 2.20. The molecule has 0 aliphatic heterocycles. The Kier molecular flexibility index (Phi) is 3.09. The summed E-state index contributed by atoms with van der Waals surface area (Å²) < 4.78 is 0. The van der Waals surface area contributed by atoms with E-state index in [4.69, 9.17) is 5.11 Å². The van der Waals surface area contributed by atoms with Crippen molar-refractivity contribution in [2.45, 2.75) is 20.8 Å². The van der Waals surface area contributed by atoms with Crippen LogP contribution in [0.2, 0.25) is 0 Å². The van der Waals surface area contributed by atoms with Crippen molar-refractivity contribution in [1.29, 1.82) is 0 Å². The average molecular weight is 207 g/mol. The summed E-state index contributed by atoms with van der Waals surface area (Å²) in [5, 5.41) is 11.5. The molecule has 0 aliphatic rings. The van der Waals surface area contributed by atoms with E-state index in [2.05, 4.69) is 5.32 Å². The Morgan fingerprint density at radius 1 is 1.20 bits per heavy atom. The number of hydrogen-bond acceptors (Lipinski definition) is 2. The number of anilines is 1. The molecule has 0 heterocycles. The second-order valence-corrected chi connectivity index (χ2v) is 3.47. The van der Waals surface area contributed by atoms with Crippen LogP contribution < -0.4 is 5.32 Å². The molecule has 0 fully saturated rings. The number of rotatable bonds is 2. The molecule has 0 radical (unpaired) electrons. The molecule has 2 N–H and O–H groups in total. The molecule has 0 aliphatic carbocycles. The SMILES string of the molecule is CC(=O)Nc1cc(C(=O)O)c(C)cc1C. The van der Waals surface area contributed by atoms with Crippen LogP contribution in [-0.2, 0) is 4.79 Å². The monoisotopic (exact) mass is 207 g/mol. The summed E-state index contributed by atoms with van der Waals surface area (Å²) in [5.41, 5.74) is 2.30. The molecule has 0 atom stereocenters. The quantitative estimate of drug-likeness (QED) is 0.779. The summed E-state index contributed by atoms with van der Waals surface area (Å²) in [6.45, 7) is 4.94. The van der Waals surface area contributed by atoms with Crippen LogP contribution in [0.25, 0.3) is 0 Å². The van der Waals surface area contributed by atoms with Crippen LogP contribution in [0, 0.1) is 13.8 Å². The maximum atomic E-state index is 10.9. The molecular formula is C11H13NO3. The maximum Gasteiger partial charge on any atom is 0.336 e. The first kappa shape index (κ1) is 11.2. The average Bonchev–Trinajstić information content (AvgIpc) is 2.08. The van der Waals surface area contributed by atoms with Gasteiger partial charge in [0.05, 0.1) is 5.56 Å². The van der Waals surface area contributed by atoms with Crippen molar-refractivity contribution in [2.24, 2.45) is 0 Å². The molecule has 0 saturated heterocycles. The number of carboxylic acids is 1. The second kappa shape index (κ2) is 4.13. The van der Waals surface area contributed by atoms with Gasteiger partial charge in [0.15, 0.2) is 0 Å². The molecule has 1 rings (SSSR count). The Balaban J connectivity index is 3.23. The third-order valence-corrected chi connectivity index (χ3v) is 2.11. The number of carboxylic acid groups (broad SMARTS) is 1. The number of benzene rings is 1. The Labute approximate surface area is 87.9 Å². The van der Waals surface area contributed by atoms with Crippen molar-refractivity contribution in [3.05, 3.63) is 28.8 Å². The predicted octanol–water partition coefficient (Wildman–Crippen LogP) is 1.96. The van der Waals surface area contributed by atoms with Crippen LogP contribution >= 0.6 is 0 Å². The Morgan fingerprint density at radius 2 is 1.80 bits per heavy atom. The smallest absolute Gasteiger partial charge is 0.336 e. The summed E-state index contributed by atoms with van der Waals surface area (Å²) in [4.78, 5) is 21.7. The van der Waals surface area contributed by atoms with E-state index >= 15 is 0 Å².